The summed E-state index contributed by atoms with van der Waals surface area (Å²) >= 11 is 1.14. The van der Waals surface area contributed by atoms with Crippen LogP contribution in [0.25, 0.3) is 22.3 Å². The quantitative estimate of drug-likeness (QED) is 0.0315. The molecule has 5 heterocycles. The van der Waals surface area contributed by atoms with Gasteiger partial charge in [-0.2, -0.15) is 11.8 Å². The van der Waals surface area contributed by atoms with E-state index in [1.165, 1.54) is 25.3 Å². The first-order valence-corrected chi connectivity index (χ1v) is 28.2. The highest BCUT2D eigenvalue weighted by Crippen LogP contribution is 2.46. The van der Waals surface area contributed by atoms with E-state index >= 15 is 4.39 Å². The first-order chi connectivity index (χ1) is 39.6. The van der Waals surface area contributed by atoms with Gasteiger partial charge in [0.1, 0.15) is 31.1 Å². The van der Waals surface area contributed by atoms with Crippen LogP contribution in [-0.4, -0.2) is 133 Å². The van der Waals surface area contributed by atoms with Crippen LogP contribution in [-0.2, 0) is 74.8 Å². The molecule has 4 atom stereocenters. The smallest absolute Gasteiger partial charge is 0.407 e. The summed E-state index contributed by atoms with van der Waals surface area (Å²) < 4.78 is 27.9. The molecule has 2 aromatic heterocycles. The Balaban J connectivity index is 0.877. The average molecular weight is 1160 g/mol. The zero-order chi connectivity index (χ0) is 60.0. The zero-order valence-electron chi connectivity index (χ0n) is 46.4. The summed E-state index contributed by atoms with van der Waals surface area (Å²) in [6.07, 6.45) is 2.38. The van der Waals surface area contributed by atoms with Crippen LogP contribution in [0.5, 0.6) is 0 Å². The lowest BCUT2D eigenvalue weighted by atomic mass is 9.81. The normalized spacial score (nSPS) is 17.5. The van der Waals surface area contributed by atoms with E-state index in [1.807, 2.05) is 0 Å². The summed E-state index contributed by atoms with van der Waals surface area (Å²) in [7, 11) is 0. The number of pyridine rings is 2. The van der Waals surface area contributed by atoms with Crippen LogP contribution in [0.2, 0.25) is 0 Å². The number of amides is 9. The number of nitrogens with two attached hydrogens (primary N) is 1. The number of carbonyl (C=O) groups is 9. The number of thioether (sulfide) groups is 1. The Kier molecular flexibility index (Phi) is 18.7. The van der Waals surface area contributed by atoms with Crippen molar-refractivity contribution in [3.8, 4) is 11.4 Å². The second-order valence-corrected chi connectivity index (χ2v) is 22.0. The van der Waals surface area contributed by atoms with E-state index in [1.54, 1.807) is 58.0 Å². The van der Waals surface area contributed by atoms with Gasteiger partial charge in [-0.1, -0.05) is 46.1 Å². The number of aliphatic hydroxyl groups is 1. The molecule has 8 N–H and O–H groups in total. The highest BCUT2D eigenvalue weighted by molar-refractivity contribution is 7.99. The van der Waals surface area contributed by atoms with Crippen LogP contribution < -0.4 is 37.9 Å². The summed E-state index contributed by atoms with van der Waals surface area (Å²) in [5, 5.41) is 25.7. The summed E-state index contributed by atoms with van der Waals surface area (Å²) in [6, 6.07) is 5.64. The van der Waals surface area contributed by atoms with E-state index in [4.69, 9.17) is 20.2 Å². The van der Waals surface area contributed by atoms with Crippen molar-refractivity contribution in [2.45, 2.75) is 110 Å². The van der Waals surface area contributed by atoms with Gasteiger partial charge in [0.05, 0.1) is 60.8 Å². The van der Waals surface area contributed by atoms with Crippen molar-refractivity contribution in [1.29, 1.82) is 0 Å². The van der Waals surface area contributed by atoms with Crippen LogP contribution in [0, 0.1) is 18.7 Å². The molecular weight excluding hydrogens is 1100 g/mol. The Morgan fingerprint density at radius 2 is 1.65 bits per heavy atom. The van der Waals surface area contributed by atoms with Crippen LogP contribution >= 0.6 is 11.8 Å². The number of halogens is 1. The molecule has 440 valence electrons. The number of alkyl carbamates (subject to hydrolysis) is 1. The van der Waals surface area contributed by atoms with Crippen molar-refractivity contribution < 1.29 is 62.1 Å². The molecule has 4 aromatic rings. The number of esters is 1. The minimum absolute atomic E-state index is 0.0180. The Morgan fingerprint density at radius 3 is 2.30 bits per heavy atom. The molecule has 1 saturated heterocycles. The molecule has 2 aromatic carbocycles. The Labute approximate surface area is 480 Å². The molecule has 0 spiro atoms. The Hall–Kier alpha value is -8.65. The van der Waals surface area contributed by atoms with Crippen LogP contribution in [0.15, 0.2) is 66.5 Å². The summed E-state index contributed by atoms with van der Waals surface area (Å²) in [5.74, 6) is -4.73. The number of cyclic esters (lactones) is 1. The minimum atomic E-state index is -2.06. The zero-order valence-corrected chi connectivity index (χ0v) is 47.2. The number of hydrogen-bond donors (Lipinski definition) is 7. The lowest BCUT2D eigenvalue weighted by Gasteiger charge is -2.41. The third kappa shape index (κ3) is 13.0. The van der Waals surface area contributed by atoms with Crippen molar-refractivity contribution >= 4 is 81.9 Å². The maximum Gasteiger partial charge on any atom is 0.407 e. The molecule has 0 saturated carbocycles. The number of anilines is 1. The predicted molar refractivity (Wildman–Crippen MR) is 302 cm³/mol. The monoisotopic (exact) mass is 1160 g/mol. The van der Waals surface area contributed by atoms with E-state index < -0.39 is 88.7 Å². The number of carbonyl (C=O) groups excluding carboxylic acids is 9. The predicted octanol–water partition coefficient (Wildman–Crippen LogP) is 3.32. The van der Waals surface area contributed by atoms with Gasteiger partial charge in [0.15, 0.2) is 5.60 Å². The van der Waals surface area contributed by atoms with Gasteiger partial charge < -0.3 is 66.2 Å². The highest BCUT2D eigenvalue weighted by Gasteiger charge is 2.46. The molecule has 0 radical (unpaired) electrons. The maximum absolute atomic E-state index is 15.5. The van der Waals surface area contributed by atoms with Crippen LogP contribution in [0.3, 0.4) is 0 Å². The summed E-state index contributed by atoms with van der Waals surface area (Å²) in [4.78, 5) is 139. The van der Waals surface area contributed by atoms with Crippen molar-refractivity contribution in [2.24, 2.45) is 11.7 Å². The van der Waals surface area contributed by atoms with Crippen molar-refractivity contribution in [1.82, 2.24) is 45.5 Å². The lowest BCUT2D eigenvalue weighted by molar-refractivity contribution is -0.172. The fraction of sp³-hybridized carbons (Fsp3) is 0.421. The molecule has 24 nitrogen and oxygen atoms in total. The molecular formula is C57H66FN11O13S. The molecule has 9 amide bonds. The Bertz CT molecular complexity index is 3360. The van der Waals surface area contributed by atoms with Gasteiger partial charge in [-0.05, 0) is 97.6 Å². The van der Waals surface area contributed by atoms with Crippen molar-refractivity contribution in [3.63, 3.8) is 0 Å². The number of nitrogens with zero attached hydrogens (tertiary/aromatic N) is 5. The number of fused-ring (bicyclic) bond motifs is 5. The van der Waals surface area contributed by atoms with Crippen LogP contribution in [0.1, 0.15) is 97.9 Å². The van der Waals surface area contributed by atoms with Gasteiger partial charge in [0.2, 0.25) is 35.4 Å². The topological polar surface area (TPSA) is 323 Å². The third-order valence-corrected chi connectivity index (χ3v) is 16.1. The molecule has 26 heteroatoms. The van der Waals surface area contributed by atoms with Crippen molar-refractivity contribution in [3.05, 3.63) is 117 Å². The molecule has 0 bridgehead atoms. The second-order valence-electron chi connectivity index (χ2n) is 20.9. The van der Waals surface area contributed by atoms with E-state index in [0.29, 0.717) is 63.1 Å². The molecule has 1 aliphatic carbocycles. The first kappa shape index (κ1) is 60.4. The number of rotatable bonds is 21. The number of primary amides is 1. The number of hydrogen-bond acceptors (Lipinski definition) is 15. The SMILES string of the molecule is C=CC(=O)N1CN(C(=O)C=C)CN(C(=O)CCSCC(=O)N[C@H](C(=O)N[C@@H](CCCNC(N)=O)C(=O)Nc2ccc(COC(=O)N[C@H]3CCc4c(C)c(F)cc5nc6c(c3c45)Cn3c-6cc4c(c3=O)COC(=O)[C@]4(O)CC)cc2)C(C)C)C1. The molecule has 83 heavy (non-hydrogen) atoms. The van der Waals surface area contributed by atoms with Gasteiger partial charge in [0, 0.05) is 47.0 Å². The van der Waals surface area contributed by atoms with Gasteiger partial charge in [-0.25, -0.2) is 23.8 Å². The summed E-state index contributed by atoms with van der Waals surface area (Å²) in [6.45, 7) is 13.1. The van der Waals surface area contributed by atoms with E-state index in [2.05, 4.69) is 39.7 Å². The number of ether oxygens (including phenoxy) is 2. The standard InChI is InChI=1S/C57H66FN11O13S/c1-7-44(71)66-27-67(45(72)8-2)29-68(28-66)46(73)18-20-83-26-43(70)65-49(30(4)5)52(75)63-40(11-10-19-60-55(59)78)51(74)61-33-14-12-32(13-15-33)24-82-56(79)64-39-17-16-34-31(6)38(58)22-41-47(34)48(39)35-23-69-42(50(35)62-41)21-37-36(53(69)76)25-81-54(77)57(37,80)9-3/h7-8,12-15,21-22,30,39-40,49,80H,1-2,9-11,16-20,23-29H2,3-6H3,(H,61,74)(H,63,75)(H,64,79)(H,65,70)(H3,59,60,78)/t39-,40-,49-,57-/m0/s1. The molecule has 0 unspecified atom stereocenters. The molecule has 8 rings (SSSR count). The van der Waals surface area contributed by atoms with Gasteiger partial charge in [-0.3, -0.25) is 33.6 Å². The fourth-order valence-electron chi connectivity index (χ4n) is 10.7. The van der Waals surface area contributed by atoms with E-state index in [0.717, 1.165) is 29.5 Å². The average Bonchev–Trinajstić information content (AvgIpc) is 2.48. The van der Waals surface area contributed by atoms with E-state index in [9.17, 15) is 53.1 Å². The van der Waals surface area contributed by atoms with Crippen molar-refractivity contribution in [2.75, 3.05) is 43.4 Å². The molecule has 4 aliphatic rings. The number of aromatic nitrogens is 2. The fourth-order valence-corrected chi connectivity index (χ4v) is 11.4. The lowest BCUT2D eigenvalue weighted by Crippen LogP contribution is -2.59. The number of aryl methyl sites for hydroxylation is 1. The van der Waals surface area contributed by atoms with Gasteiger partial charge in [0.25, 0.3) is 5.56 Å². The number of nitrogens with one attached hydrogen (secondary N) is 5. The summed E-state index contributed by atoms with van der Waals surface area (Å²) in [5.41, 5.74) is 7.29. The van der Waals surface area contributed by atoms with Gasteiger partial charge in [-0.15, -0.1) is 0 Å². The van der Waals surface area contributed by atoms with E-state index in [-0.39, 0.29) is 101 Å². The van der Waals surface area contributed by atoms with Gasteiger partial charge >= 0.3 is 18.1 Å². The Morgan fingerprint density at radius 1 is 0.964 bits per heavy atom. The second kappa shape index (κ2) is 25.6. The largest absolute Gasteiger partial charge is 0.458 e. The molecule has 3 aliphatic heterocycles. The number of urea groups is 1. The third-order valence-electron chi connectivity index (χ3n) is 15.2. The first-order valence-electron chi connectivity index (χ1n) is 27.0. The number of benzene rings is 2. The van der Waals surface area contributed by atoms with Crippen LogP contribution in [0.4, 0.5) is 19.7 Å². The molecule has 1 fully saturated rings. The minimum Gasteiger partial charge on any atom is -0.458 e. The maximum atomic E-state index is 15.5. The highest BCUT2D eigenvalue weighted by atomic mass is 32.2.